The number of benzene rings is 1. The fraction of sp³-hybridized carbons (Fsp3) is 0.435. The Kier molecular flexibility index (Phi) is 6.22. The fourth-order valence-electron chi connectivity index (χ4n) is 3.55. The molecule has 2 aromatic heterocycles. The molecule has 0 saturated carbocycles. The number of amides is 1. The quantitative estimate of drug-likeness (QED) is 0.595. The van der Waals surface area contributed by atoms with Crippen LogP contribution in [0.4, 0.5) is 5.69 Å². The number of nitrogens with zero attached hydrogens (tertiary/aromatic N) is 2. The molecule has 0 aliphatic carbocycles. The van der Waals surface area contributed by atoms with Crippen LogP contribution in [0.1, 0.15) is 67.5 Å². The third-order valence-electron chi connectivity index (χ3n) is 5.37. The first-order valence-electron chi connectivity index (χ1n) is 10.1. The van der Waals surface area contributed by atoms with Crippen LogP contribution in [0, 0.1) is 13.8 Å². The van der Waals surface area contributed by atoms with Crippen LogP contribution in [0.25, 0.3) is 10.2 Å². The van der Waals surface area contributed by atoms with E-state index in [0.717, 1.165) is 32.1 Å². The molecule has 0 unspecified atom stereocenters. The summed E-state index contributed by atoms with van der Waals surface area (Å²) in [4.78, 5) is 31.8. The first-order chi connectivity index (χ1) is 13.7. The van der Waals surface area contributed by atoms with E-state index in [9.17, 15) is 9.59 Å². The van der Waals surface area contributed by atoms with Gasteiger partial charge in [-0.15, -0.1) is 11.3 Å². The number of fused-ring (bicyclic) bond motifs is 1. The van der Waals surface area contributed by atoms with Gasteiger partial charge in [0.2, 0.25) is 5.91 Å². The number of nitrogens with one attached hydrogen (secondary N) is 1. The van der Waals surface area contributed by atoms with Crippen molar-refractivity contribution in [1.82, 2.24) is 9.55 Å². The third kappa shape index (κ3) is 4.27. The molecule has 0 fully saturated rings. The van der Waals surface area contributed by atoms with Gasteiger partial charge in [0.15, 0.2) is 0 Å². The Labute approximate surface area is 175 Å². The Morgan fingerprint density at radius 2 is 1.76 bits per heavy atom. The Hall–Kier alpha value is -2.47. The number of carbonyl (C=O) groups is 1. The Bertz CT molecular complexity index is 1080. The van der Waals surface area contributed by atoms with Crippen molar-refractivity contribution in [2.24, 2.45) is 0 Å². The van der Waals surface area contributed by atoms with Gasteiger partial charge >= 0.3 is 0 Å². The molecule has 0 aliphatic heterocycles. The second kappa shape index (κ2) is 8.49. The summed E-state index contributed by atoms with van der Waals surface area (Å²) >= 11 is 1.53. The molecule has 1 N–H and O–H groups in total. The second-order valence-corrected chi connectivity index (χ2v) is 9.33. The molecule has 0 aliphatic rings. The number of rotatable bonds is 6. The largest absolute Gasteiger partial charge is 0.326 e. The van der Waals surface area contributed by atoms with Gasteiger partial charge in [-0.2, -0.15) is 0 Å². The van der Waals surface area contributed by atoms with Gasteiger partial charge < -0.3 is 5.32 Å². The lowest BCUT2D eigenvalue weighted by molar-refractivity contribution is -0.116. The van der Waals surface area contributed by atoms with Crippen LogP contribution in [0.3, 0.4) is 0 Å². The summed E-state index contributed by atoms with van der Waals surface area (Å²) in [6.45, 7) is 12.8. The highest BCUT2D eigenvalue weighted by atomic mass is 32.1. The minimum Gasteiger partial charge on any atom is -0.326 e. The van der Waals surface area contributed by atoms with Gasteiger partial charge in [-0.3, -0.25) is 14.2 Å². The molecule has 0 bridgehead atoms. The summed E-state index contributed by atoms with van der Waals surface area (Å²) in [7, 11) is 0. The number of anilines is 1. The van der Waals surface area contributed by atoms with E-state index in [1.54, 1.807) is 10.9 Å². The first-order valence-corrected chi connectivity index (χ1v) is 10.9. The highest BCUT2D eigenvalue weighted by Gasteiger charge is 2.17. The number of aryl methyl sites for hydroxylation is 3. The minimum atomic E-state index is -0.0924. The number of aromatic nitrogens is 2. The summed E-state index contributed by atoms with van der Waals surface area (Å²) < 4.78 is 1.54. The monoisotopic (exact) mass is 411 g/mol. The van der Waals surface area contributed by atoms with Crippen LogP contribution in [0.15, 0.2) is 29.3 Å². The Morgan fingerprint density at radius 1 is 1.14 bits per heavy atom. The molecule has 0 atom stereocenters. The number of para-hydroxylation sites is 1. The zero-order chi connectivity index (χ0) is 21.3. The van der Waals surface area contributed by atoms with Crippen molar-refractivity contribution in [2.75, 3.05) is 5.32 Å². The molecule has 0 saturated heterocycles. The van der Waals surface area contributed by atoms with Crippen LogP contribution >= 0.6 is 11.3 Å². The van der Waals surface area contributed by atoms with Gasteiger partial charge in [0.05, 0.1) is 11.7 Å². The van der Waals surface area contributed by atoms with Gasteiger partial charge in [0.1, 0.15) is 4.83 Å². The van der Waals surface area contributed by atoms with E-state index in [2.05, 4.69) is 50.1 Å². The molecule has 2 heterocycles. The van der Waals surface area contributed by atoms with Crippen LogP contribution in [0.5, 0.6) is 0 Å². The van der Waals surface area contributed by atoms with Crippen LogP contribution in [-0.2, 0) is 11.3 Å². The first kappa shape index (κ1) is 21.2. The molecule has 6 heteroatoms. The maximum atomic E-state index is 12.8. The Balaban J connectivity index is 1.81. The second-order valence-electron chi connectivity index (χ2n) is 8.13. The molecular weight excluding hydrogens is 382 g/mol. The maximum absolute atomic E-state index is 12.8. The SMILES string of the molecule is Cc1sc2ncn(CCC(=O)Nc3c(C(C)C)cccc3C(C)C)c(=O)c2c1C. The topological polar surface area (TPSA) is 64.0 Å². The highest BCUT2D eigenvalue weighted by Crippen LogP contribution is 2.32. The summed E-state index contributed by atoms with van der Waals surface area (Å²) in [6, 6.07) is 6.18. The number of hydrogen-bond donors (Lipinski definition) is 1. The van der Waals surface area contributed by atoms with Crippen molar-refractivity contribution in [2.45, 2.75) is 66.3 Å². The van der Waals surface area contributed by atoms with Crippen LogP contribution in [-0.4, -0.2) is 15.5 Å². The van der Waals surface area contributed by atoms with E-state index in [-0.39, 0.29) is 17.9 Å². The van der Waals surface area contributed by atoms with Crippen molar-refractivity contribution in [3.63, 3.8) is 0 Å². The van der Waals surface area contributed by atoms with Crippen molar-refractivity contribution >= 4 is 33.1 Å². The van der Waals surface area contributed by atoms with E-state index in [4.69, 9.17) is 0 Å². The minimum absolute atomic E-state index is 0.0740. The van der Waals surface area contributed by atoms with Crippen molar-refractivity contribution in [3.05, 3.63) is 56.4 Å². The van der Waals surface area contributed by atoms with Gasteiger partial charge in [0.25, 0.3) is 5.56 Å². The number of hydrogen-bond acceptors (Lipinski definition) is 4. The van der Waals surface area contributed by atoms with Crippen molar-refractivity contribution in [1.29, 1.82) is 0 Å². The van der Waals surface area contributed by atoms with Gasteiger partial charge in [-0.05, 0) is 42.4 Å². The summed E-state index contributed by atoms with van der Waals surface area (Å²) in [5, 5.41) is 3.78. The molecule has 29 heavy (non-hydrogen) atoms. The van der Waals surface area contributed by atoms with Gasteiger partial charge in [-0.1, -0.05) is 45.9 Å². The van der Waals surface area contributed by atoms with E-state index in [1.165, 1.54) is 11.3 Å². The van der Waals surface area contributed by atoms with E-state index >= 15 is 0 Å². The smallest absolute Gasteiger partial charge is 0.262 e. The molecule has 1 amide bonds. The van der Waals surface area contributed by atoms with Crippen molar-refractivity contribution < 1.29 is 4.79 Å². The van der Waals surface area contributed by atoms with Crippen molar-refractivity contribution in [3.8, 4) is 0 Å². The standard InChI is InChI=1S/C23H29N3O2S/c1-13(2)17-8-7-9-18(14(3)4)21(17)25-19(27)10-11-26-12-24-22-20(23(26)28)15(5)16(6)29-22/h7-9,12-14H,10-11H2,1-6H3,(H,25,27). The number of thiophene rings is 1. The van der Waals surface area contributed by atoms with E-state index in [0.29, 0.717) is 23.8 Å². The molecule has 1 aromatic carbocycles. The molecule has 0 radical (unpaired) electrons. The predicted octanol–water partition coefficient (Wildman–Crippen LogP) is 5.35. The highest BCUT2D eigenvalue weighted by molar-refractivity contribution is 7.18. The van der Waals surface area contributed by atoms with Gasteiger partial charge in [0, 0.05) is 23.5 Å². The lowest BCUT2D eigenvalue weighted by Crippen LogP contribution is -2.24. The zero-order valence-electron chi connectivity index (χ0n) is 18.0. The number of carbonyl (C=O) groups excluding carboxylic acids is 1. The van der Waals surface area contributed by atoms with Crippen LogP contribution in [0.2, 0.25) is 0 Å². The fourth-order valence-corrected chi connectivity index (χ4v) is 4.54. The van der Waals surface area contributed by atoms with E-state index in [1.807, 2.05) is 19.9 Å². The summed E-state index contributed by atoms with van der Waals surface area (Å²) in [5.74, 6) is 0.524. The average Bonchev–Trinajstić information content (AvgIpc) is 2.95. The summed E-state index contributed by atoms with van der Waals surface area (Å²) in [6.07, 6.45) is 1.77. The molecule has 154 valence electrons. The van der Waals surface area contributed by atoms with Gasteiger partial charge in [-0.25, -0.2) is 4.98 Å². The third-order valence-corrected chi connectivity index (χ3v) is 6.49. The van der Waals surface area contributed by atoms with E-state index < -0.39 is 0 Å². The zero-order valence-corrected chi connectivity index (χ0v) is 18.8. The lowest BCUT2D eigenvalue weighted by Gasteiger charge is -2.20. The molecule has 3 aromatic rings. The van der Waals surface area contributed by atoms with Crippen LogP contribution < -0.4 is 10.9 Å². The molecular formula is C23H29N3O2S. The lowest BCUT2D eigenvalue weighted by atomic mass is 9.92. The summed E-state index contributed by atoms with van der Waals surface area (Å²) in [5.41, 5.74) is 4.08. The molecule has 3 rings (SSSR count). The molecule has 0 spiro atoms. The molecule has 5 nitrogen and oxygen atoms in total. The average molecular weight is 412 g/mol. The maximum Gasteiger partial charge on any atom is 0.262 e. The predicted molar refractivity (Wildman–Crippen MR) is 121 cm³/mol. The Morgan fingerprint density at radius 3 is 2.34 bits per heavy atom. The normalized spacial score (nSPS) is 11.6.